The van der Waals surface area contributed by atoms with E-state index >= 15 is 0 Å². The van der Waals surface area contributed by atoms with Crippen LogP contribution in [0.5, 0.6) is 5.75 Å². The van der Waals surface area contributed by atoms with Crippen molar-refractivity contribution < 1.29 is 24.2 Å². The van der Waals surface area contributed by atoms with E-state index in [4.69, 9.17) is 14.6 Å². The molecule has 0 aliphatic heterocycles. The van der Waals surface area contributed by atoms with Crippen molar-refractivity contribution >= 4 is 11.9 Å². The van der Waals surface area contributed by atoms with Crippen LogP contribution in [0.25, 0.3) is 0 Å². The van der Waals surface area contributed by atoms with Gasteiger partial charge in [0.1, 0.15) is 19.0 Å². The molecule has 0 heterocycles. The summed E-state index contributed by atoms with van der Waals surface area (Å²) in [6.07, 6.45) is 1.88. The molecule has 0 spiro atoms. The van der Waals surface area contributed by atoms with E-state index in [1.165, 1.54) is 0 Å². The van der Waals surface area contributed by atoms with Crippen LogP contribution >= 0.6 is 0 Å². The molecular weight excluding hydrogens is 298 g/mol. The second kappa shape index (κ2) is 8.53. The largest absolute Gasteiger partial charge is 0.491 e. The van der Waals surface area contributed by atoms with Crippen LogP contribution in [0, 0.1) is 5.92 Å². The van der Waals surface area contributed by atoms with Crippen molar-refractivity contribution in [1.29, 1.82) is 0 Å². The van der Waals surface area contributed by atoms with E-state index in [0.717, 1.165) is 18.6 Å². The van der Waals surface area contributed by atoms with E-state index in [-0.39, 0.29) is 25.1 Å². The number of rotatable bonds is 10. The molecule has 1 aromatic carbocycles. The van der Waals surface area contributed by atoms with Crippen LogP contribution in [0.1, 0.15) is 19.8 Å². The Hall–Kier alpha value is -2.08. The number of hydrogen-bond acceptors (Lipinski definition) is 4. The van der Waals surface area contributed by atoms with Crippen LogP contribution in [0.2, 0.25) is 0 Å². The lowest BCUT2D eigenvalue weighted by Crippen LogP contribution is -2.40. The van der Waals surface area contributed by atoms with E-state index in [1.54, 1.807) is 11.8 Å². The SMILES string of the molecule is CC(CN(C(=O)COCCOc1ccccc1)C1CC1)C(=O)O. The maximum Gasteiger partial charge on any atom is 0.308 e. The highest BCUT2D eigenvalue weighted by Gasteiger charge is 2.34. The van der Waals surface area contributed by atoms with E-state index in [0.29, 0.717) is 13.2 Å². The van der Waals surface area contributed by atoms with E-state index < -0.39 is 11.9 Å². The molecule has 1 N–H and O–H groups in total. The number of carbonyl (C=O) groups is 2. The van der Waals surface area contributed by atoms with Gasteiger partial charge in [-0.1, -0.05) is 25.1 Å². The second-order valence-electron chi connectivity index (χ2n) is 5.73. The Balaban J connectivity index is 1.67. The molecule has 1 fully saturated rings. The summed E-state index contributed by atoms with van der Waals surface area (Å²) in [4.78, 5) is 24.8. The summed E-state index contributed by atoms with van der Waals surface area (Å²) >= 11 is 0. The van der Waals surface area contributed by atoms with Crippen LogP contribution < -0.4 is 4.74 Å². The molecule has 1 unspecified atom stereocenters. The van der Waals surface area contributed by atoms with Gasteiger partial charge < -0.3 is 19.5 Å². The molecule has 126 valence electrons. The quantitative estimate of drug-likeness (QED) is 0.665. The molecule has 1 atom stereocenters. The van der Waals surface area contributed by atoms with Gasteiger partial charge in [0, 0.05) is 12.6 Å². The molecule has 23 heavy (non-hydrogen) atoms. The van der Waals surface area contributed by atoms with Gasteiger partial charge in [0.05, 0.1) is 12.5 Å². The fourth-order valence-electron chi connectivity index (χ4n) is 2.19. The van der Waals surface area contributed by atoms with Crippen molar-refractivity contribution in [2.75, 3.05) is 26.4 Å². The van der Waals surface area contributed by atoms with Gasteiger partial charge in [0.15, 0.2) is 0 Å². The Kier molecular flexibility index (Phi) is 6.40. The summed E-state index contributed by atoms with van der Waals surface area (Å²) in [5, 5.41) is 8.98. The zero-order valence-corrected chi connectivity index (χ0v) is 13.3. The summed E-state index contributed by atoms with van der Waals surface area (Å²) < 4.78 is 10.8. The average molecular weight is 321 g/mol. The minimum Gasteiger partial charge on any atom is -0.491 e. The van der Waals surface area contributed by atoms with Gasteiger partial charge in [-0.05, 0) is 25.0 Å². The van der Waals surface area contributed by atoms with Crippen LogP contribution in [0.15, 0.2) is 30.3 Å². The summed E-state index contributed by atoms with van der Waals surface area (Å²) in [5.74, 6) is -0.848. The van der Waals surface area contributed by atoms with Crippen LogP contribution in [0.4, 0.5) is 0 Å². The Morgan fingerprint density at radius 2 is 1.96 bits per heavy atom. The molecule has 1 amide bonds. The molecule has 1 aliphatic carbocycles. The third kappa shape index (κ3) is 5.90. The lowest BCUT2D eigenvalue weighted by molar-refractivity contribution is -0.144. The zero-order chi connectivity index (χ0) is 16.7. The average Bonchev–Trinajstić information content (AvgIpc) is 3.37. The molecule has 0 aromatic heterocycles. The first kappa shape index (κ1) is 17.3. The van der Waals surface area contributed by atoms with Crippen molar-refractivity contribution in [3.8, 4) is 5.75 Å². The van der Waals surface area contributed by atoms with Crippen LogP contribution in [-0.2, 0) is 14.3 Å². The van der Waals surface area contributed by atoms with Gasteiger partial charge in [-0.25, -0.2) is 0 Å². The summed E-state index contributed by atoms with van der Waals surface area (Å²) in [6, 6.07) is 9.56. The third-order valence-corrected chi connectivity index (χ3v) is 3.67. The fraction of sp³-hybridized carbons (Fsp3) is 0.529. The zero-order valence-electron chi connectivity index (χ0n) is 13.3. The highest BCUT2D eigenvalue weighted by atomic mass is 16.5. The normalized spacial score (nSPS) is 15.0. The standard InChI is InChI=1S/C17H23NO5/c1-13(17(20)21)11-18(14-7-8-14)16(19)12-22-9-10-23-15-5-3-2-4-6-15/h2-6,13-14H,7-12H2,1H3,(H,20,21). The Bertz CT molecular complexity index is 515. The number of para-hydroxylation sites is 1. The van der Waals surface area contributed by atoms with Gasteiger partial charge in [-0.2, -0.15) is 0 Å². The highest BCUT2D eigenvalue weighted by Crippen LogP contribution is 2.27. The minimum atomic E-state index is -0.888. The van der Waals surface area contributed by atoms with Gasteiger partial charge in [0.2, 0.25) is 5.91 Å². The third-order valence-electron chi connectivity index (χ3n) is 3.67. The maximum absolute atomic E-state index is 12.2. The number of ether oxygens (including phenoxy) is 2. The number of carboxylic acid groups (broad SMARTS) is 1. The van der Waals surface area contributed by atoms with Gasteiger partial charge >= 0.3 is 5.97 Å². The molecule has 6 heteroatoms. The molecule has 6 nitrogen and oxygen atoms in total. The molecule has 1 aliphatic rings. The van der Waals surface area contributed by atoms with E-state index in [1.807, 2.05) is 30.3 Å². The number of nitrogens with zero attached hydrogens (tertiary/aromatic N) is 1. The predicted octanol–water partition coefficient (Wildman–Crippen LogP) is 1.79. The molecule has 0 radical (unpaired) electrons. The van der Waals surface area contributed by atoms with Gasteiger partial charge in [0.25, 0.3) is 0 Å². The number of hydrogen-bond donors (Lipinski definition) is 1. The first-order valence-electron chi connectivity index (χ1n) is 7.86. The summed E-state index contributed by atoms with van der Waals surface area (Å²) in [5.41, 5.74) is 0. The fourth-order valence-corrected chi connectivity index (χ4v) is 2.19. The monoisotopic (exact) mass is 321 g/mol. The molecule has 0 bridgehead atoms. The van der Waals surface area contributed by atoms with Gasteiger partial charge in [-0.15, -0.1) is 0 Å². The number of benzene rings is 1. The summed E-state index contributed by atoms with van der Waals surface area (Å²) in [6.45, 7) is 2.49. The lowest BCUT2D eigenvalue weighted by Gasteiger charge is -2.24. The second-order valence-corrected chi connectivity index (χ2v) is 5.73. The lowest BCUT2D eigenvalue weighted by atomic mass is 10.1. The van der Waals surface area contributed by atoms with Crippen molar-refractivity contribution in [2.45, 2.75) is 25.8 Å². The smallest absolute Gasteiger partial charge is 0.308 e. The van der Waals surface area contributed by atoms with E-state index in [9.17, 15) is 9.59 Å². The maximum atomic E-state index is 12.2. The summed E-state index contributed by atoms with van der Waals surface area (Å²) in [7, 11) is 0. The minimum absolute atomic E-state index is 0.0407. The molecular formula is C17H23NO5. The number of aliphatic carboxylic acids is 1. The van der Waals surface area contributed by atoms with E-state index in [2.05, 4.69) is 0 Å². The number of carboxylic acids is 1. The highest BCUT2D eigenvalue weighted by molar-refractivity contribution is 5.79. The Morgan fingerprint density at radius 1 is 1.26 bits per heavy atom. The molecule has 1 saturated carbocycles. The Morgan fingerprint density at radius 3 is 2.57 bits per heavy atom. The van der Waals surface area contributed by atoms with Gasteiger partial charge in [-0.3, -0.25) is 9.59 Å². The Labute approximate surface area is 136 Å². The van der Waals surface area contributed by atoms with Crippen molar-refractivity contribution in [3.63, 3.8) is 0 Å². The van der Waals surface area contributed by atoms with Crippen LogP contribution in [-0.4, -0.2) is 54.3 Å². The topological polar surface area (TPSA) is 76.1 Å². The first-order chi connectivity index (χ1) is 11.1. The predicted molar refractivity (Wildman–Crippen MR) is 84.3 cm³/mol. The molecule has 2 rings (SSSR count). The molecule has 1 aromatic rings. The number of carbonyl (C=O) groups excluding carboxylic acids is 1. The first-order valence-corrected chi connectivity index (χ1v) is 7.86. The van der Waals surface area contributed by atoms with Crippen molar-refractivity contribution in [1.82, 2.24) is 4.90 Å². The van der Waals surface area contributed by atoms with Crippen molar-refractivity contribution in [2.24, 2.45) is 5.92 Å². The number of amides is 1. The van der Waals surface area contributed by atoms with Crippen molar-refractivity contribution in [3.05, 3.63) is 30.3 Å². The molecule has 0 saturated heterocycles. The van der Waals surface area contributed by atoms with Crippen LogP contribution in [0.3, 0.4) is 0 Å².